The molecule has 3 rings (SSSR count). The van der Waals surface area contributed by atoms with Gasteiger partial charge in [-0.1, -0.05) is 39.3 Å². The molecule has 0 unspecified atom stereocenters. The van der Waals surface area contributed by atoms with E-state index in [-0.39, 0.29) is 0 Å². The SMILES string of the molecule is CCN(CC)Cc1cc(Nc2ccnc3cc(Cl)cnc23)cc(CN(CC)CC)c1O. The number of nitrogens with one attached hydrogen (secondary N) is 1. The molecule has 2 heterocycles. The largest absolute Gasteiger partial charge is 0.507 e. The highest BCUT2D eigenvalue weighted by atomic mass is 35.5. The monoisotopic (exact) mass is 441 g/mol. The van der Waals surface area contributed by atoms with E-state index >= 15 is 0 Å². The van der Waals surface area contributed by atoms with Crippen LogP contribution in [-0.4, -0.2) is 51.1 Å². The molecule has 0 fully saturated rings. The first-order chi connectivity index (χ1) is 15.0. The predicted molar refractivity (Wildman–Crippen MR) is 129 cm³/mol. The number of hydrogen-bond donors (Lipinski definition) is 2. The van der Waals surface area contributed by atoms with Crippen molar-refractivity contribution in [2.24, 2.45) is 0 Å². The van der Waals surface area contributed by atoms with Crippen LogP contribution in [0.4, 0.5) is 11.4 Å². The van der Waals surface area contributed by atoms with Crippen LogP contribution in [0.5, 0.6) is 5.75 Å². The van der Waals surface area contributed by atoms with Gasteiger partial charge in [0, 0.05) is 42.3 Å². The lowest BCUT2D eigenvalue weighted by atomic mass is 10.0. The molecule has 2 N–H and O–H groups in total. The number of benzene rings is 1. The van der Waals surface area contributed by atoms with Crippen LogP contribution in [0.1, 0.15) is 38.8 Å². The fraction of sp³-hybridized carbons (Fsp3) is 0.417. The van der Waals surface area contributed by atoms with Crippen LogP contribution in [0.25, 0.3) is 11.0 Å². The zero-order valence-corrected chi connectivity index (χ0v) is 19.6. The molecule has 0 radical (unpaired) electrons. The van der Waals surface area contributed by atoms with Crippen LogP contribution in [-0.2, 0) is 13.1 Å². The molecule has 0 aliphatic rings. The van der Waals surface area contributed by atoms with Crippen molar-refractivity contribution in [1.29, 1.82) is 0 Å². The number of rotatable bonds is 10. The minimum atomic E-state index is 0.383. The van der Waals surface area contributed by atoms with Crippen molar-refractivity contribution in [2.45, 2.75) is 40.8 Å². The second kappa shape index (κ2) is 10.8. The molecule has 0 spiro atoms. The predicted octanol–water partition coefficient (Wildman–Crippen LogP) is 5.42. The molecule has 0 atom stereocenters. The van der Waals surface area contributed by atoms with Crippen LogP contribution in [0.3, 0.4) is 0 Å². The van der Waals surface area contributed by atoms with Crippen molar-refractivity contribution in [1.82, 2.24) is 19.8 Å². The molecular formula is C24H32ClN5O. The maximum Gasteiger partial charge on any atom is 0.124 e. The molecule has 31 heavy (non-hydrogen) atoms. The van der Waals surface area contributed by atoms with Gasteiger partial charge in [0.1, 0.15) is 11.3 Å². The quantitative estimate of drug-likeness (QED) is 0.410. The smallest absolute Gasteiger partial charge is 0.124 e. The molecule has 0 saturated carbocycles. The van der Waals surface area contributed by atoms with E-state index in [0.717, 1.165) is 59.7 Å². The Morgan fingerprint density at radius 1 is 0.903 bits per heavy atom. The van der Waals surface area contributed by atoms with Gasteiger partial charge < -0.3 is 10.4 Å². The van der Waals surface area contributed by atoms with Gasteiger partial charge in [-0.05, 0) is 50.4 Å². The first-order valence-corrected chi connectivity index (χ1v) is 11.3. The Hall–Kier alpha value is -2.41. The van der Waals surface area contributed by atoms with Crippen LogP contribution < -0.4 is 5.32 Å². The van der Waals surface area contributed by atoms with Gasteiger partial charge >= 0.3 is 0 Å². The molecule has 3 aromatic rings. The van der Waals surface area contributed by atoms with E-state index in [0.29, 0.717) is 23.9 Å². The summed E-state index contributed by atoms with van der Waals surface area (Å²) in [5.41, 5.74) is 5.12. The van der Waals surface area contributed by atoms with Crippen LogP contribution >= 0.6 is 11.6 Å². The van der Waals surface area contributed by atoms with E-state index in [9.17, 15) is 5.11 Å². The molecule has 2 aromatic heterocycles. The molecule has 0 aliphatic carbocycles. The zero-order chi connectivity index (χ0) is 22.4. The Morgan fingerprint density at radius 2 is 1.48 bits per heavy atom. The highest BCUT2D eigenvalue weighted by Crippen LogP contribution is 2.32. The Morgan fingerprint density at radius 3 is 2.03 bits per heavy atom. The minimum absolute atomic E-state index is 0.383. The van der Waals surface area contributed by atoms with Gasteiger partial charge in [0.2, 0.25) is 0 Å². The molecule has 0 amide bonds. The van der Waals surface area contributed by atoms with Crippen molar-refractivity contribution < 1.29 is 5.11 Å². The second-order valence-electron chi connectivity index (χ2n) is 7.57. The number of hydrogen-bond acceptors (Lipinski definition) is 6. The van der Waals surface area contributed by atoms with Gasteiger partial charge in [-0.2, -0.15) is 0 Å². The van der Waals surface area contributed by atoms with Crippen LogP contribution in [0.2, 0.25) is 5.02 Å². The topological polar surface area (TPSA) is 64.5 Å². The van der Waals surface area contributed by atoms with E-state index < -0.39 is 0 Å². The Kier molecular flexibility index (Phi) is 8.07. The van der Waals surface area contributed by atoms with E-state index in [1.165, 1.54) is 0 Å². The average Bonchev–Trinajstić information content (AvgIpc) is 2.78. The van der Waals surface area contributed by atoms with Crippen molar-refractivity contribution >= 4 is 34.0 Å². The lowest BCUT2D eigenvalue weighted by molar-refractivity contribution is 0.281. The van der Waals surface area contributed by atoms with Crippen molar-refractivity contribution in [2.75, 3.05) is 31.5 Å². The summed E-state index contributed by atoms with van der Waals surface area (Å²) in [6.07, 6.45) is 3.38. The number of pyridine rings is 2. The fourth-order valence-corrected chi connectivity index (χ4v) is 3.86. The molecule has 0 aliphatic heterocycles. The number of phenols is 1. The highest BCUT2D eigenvalue weighted by molar-refractivity contribution is 6.31. The van der Waals surface area contributed by atoms with E-state index in [4.69, 9.17) is 11.6 Å². The van der Waals surface area contributed by atoms with E-state index in [1.807, 2.05) is 24.3 Å². The molecule has 166 valence electrons. The molecule has 7 heteroatoms. The summed E-state index contributed by atoms with van der Waals surface area (Å²) in [5.74, 6) is 0.383. The lowest BCUT2D eigenvalue weighted by Crippen LogP contribution is -2.24. The number of anilines is 2. The standard InChI is InChI=1S/C24H32ClN5O/c1-5-29(6-2)15-17-11-20(12-18(24(17)31)16-30(7-3)8-4)28-21-9-10-26-22-13-19(25)14-27-23(21)22/h9-14,31H,5-8,15-16H2,1-4H3,(H,26,28). The third-order valence-corrected chi connectivity index (χ3v) is 5.87. The summed E-state index contributed by atoms with van der Waals surface area (Å²) in [4.78, 5) is 13.4. The molecule has 0 saturated heterocycles. The van der Waals surface area contributed by atoms with Crippen molar-refractivity contribution in [3.8, 4) is 5.75 Å². The fourth-order valence-electron chi connectivity index (χ4n) is 3.71. The first-order valence-electron chi connectivity index (χ1n) is 11.0. The van der Waals surface area contributed by atoms with Gasteiger partial charge in [0.05, 0.1) is 16.2 Å². The second-order valence-corrected chi connectivity index (χ2v) is 8.01. The number of nitrogens with zero attached hydrogens (tertiary/aromatic N) is 4. The van der Waals surface area contributed by atoms with Crippen molar-refractivity contribution in [3.05, 3.63) is 52.8 Å². The summed E-state index contributed by atoms with van der Waals surface area (Å²) in [6, 6.07) is 7.77. The van der Waals surface area contributed by atoms with Crippen LogP contribution in [0.15, 0.2) is 36.7 Å². The highest BCUT2D eigenvalue weighted by Gasteiger charge is 2.15. The number of aromatic hydroxyl groups is 1. The summed E-state index contributed by atoms with van der Waals surface area (Å²) in [6.45, 7) is 13.7. The zero-order valence-electron chi connectivity index (χ0n) is 18.8. The van der Waals surface area contributed by atoms with Gasteiger partial charge in [-0.15, -0.1) is 0 Å². The summed E-state index contributed by atoms with van der Waals surface area (Å²) in [5, 5.41) is 15.1. The van der Waals surface area contributed by atoms with Crippen molar-refractivity contribution in [3.63, 3.8) is 0 Å². The van der Waals surface area contributed by atoms with Crippen LogP contribution in [0, 0.1) is 0 Å². The van der Waals surface area contributed by atoms with Gasteiger partial charge in [0.25, 0.3) is 0 Å². The van der Waals surface area contributed by atoms with Gasteiger partial charge in [-0.25, -0.2) is 0 Å². The van der Waals surface area contributed by atoms with E-state index in [1.54, 1.807) is 12.4 Å². The minimum Gasteiger partial charge on any atom is -0.507 e. The molecular weight excluding hydrogens is 410 g/mol. The molecule has 1 aromatic carbocycles. The number of fused-ring (bicyclic) bond motifs is 1. The van der Waals surface area contributed by atoms with E-state index in [2.05, 4.69) is 52.8 Å². The summed E-state index contributed by atoms with van der Waals surface area (Å²) in [7, 11) is 0. The maximum atomic E-state index is 11.0. The average molecular weight is 442 g/mol. The lowest BCUT2D eigenvalue weighted by Gasteiger charge is -2.23. The summed E-state index contributed by atoms with van der Waals surface area (Å²) >= 11 is 6.08. The normalized spacial score (nSPS) is 11.6. The first kappa shape index (κ1) is 23.3. The number of halogens is 1. The van der Waals surface area contributed by atoms with Gasteiger partial charge in [0.15, 0.2) is 0 Å². The molecule has 6 nitrogen and oxygen atoms in total. The number of phenolic OH excluding ortho intramolecular Hbond substituents is 1. The van der Waals surface area contributed by atoms with Gasteiger partial charge in [-0.3, -0.25) is 19.8 Å². The number of aromatic nitrogens is 2. The Labute approximate surface area is 189 Å². The Bertz CT molecular complexity index is 983. The summed E-state index contributed by atoms with van der Waals surface area (Å²) < 4.78 is 0. The maximum absolute atomic E-state index is 11.0. The Balaban J connectivity index is 2.02. The third kappa shape index (κ3) is 5.64. The third-order valence-electron chi connectivity index (χ3n) is 5.67. The molecule has 0 bridgehead atoms.